The normalized spacial score (nSPS) is 15.7. The van der Waals surface area contributed by atoms with Crippen molar-refractivity contribution in [3.05, 3.63) is 54.1 Å². The zero-order chi connectivity index (χ0) is 22.1. The van der Waals surface area contributed by atoms with Crippen molar-refractivity contribution in [2.75, 3.05) is 0 Å². The number of carbonyl (C=O) groups excluding carboxylic acids is 3. The first-order chi connectivity index (χ1) is 15.0. The average Bonchev–Trinajstić information content (AvgIpc) is 3.08. The fraction of sp³-hybridized carbons (Fsp3) is 0.400. The number of esters is 1. The highest BCUT2D eigenvalue weighted by Crippen LogP contribution is 2.27. The quantitative estimate of drug-likeness (QED) is 0.268. The van der Waals surface area contributed by atoms with Gasteiger partial charge in [0, 0.05) is 6.42 Å². The van der Waals surface area contributed by atoms with Crippen molar-refractivity contribution in [3.63, 3.8) is 0 Å². The molecule has 1 N–H and O–H groups in total. The van der Waals surface area contributed by atoms with Crippen molar-refractivity contribution in [2.45, 2.75) is 63.5 Å². The summed E-state index contributed by atoms with van der Waals surface area (Å²) in [5.41, 5.74) is 2.95. The maximum atomic E-state index is 12.1. The van der Waals surface area contributed by atoms with Crippen LogP contribution in [-0.4, -0.2) is 22.4 Å². The van der Waals surface area contributed by atoms with Crippen LogP contribution in [0.15, 0.2) is 48.5 Å². The standard InChI is InChI=1S/C25H29NO4S/c1-2-3-4-5-6-7-11-23(27)30-21-10-8-9-20(17-21)19-14-12-18(13-15-19)16-22-24(28)26-25(29)31-22/h8-10,12-15,17,22H,2-7,11,16H2,1H3,(H,26,28,29). The van der Waals surface area contributed by atoms with Crippen molar-refractivity contribution in [1.82, 2.24) is 5.32 Å². The van der Waals surface area contributed by atoms with Crippen LogP contribution < -0.4 is 10.1 Å². The molecule has 1 atom stereocenters. The van der Waals surface area contributed by atoms with Gasteiger partial charge < -0.3 is 4.74 Å². The SMILES string of the molecule is CCCCCCCCC(=O)Oc1cccc(-c2ccc(CC3SC(=O)NC3=O)cc2)c1. The Kier molecular flexibility index (Phi) is 8.71. The summed E-state index contributed by atoms with van der Waals surface area (Å²) in [6.45, 7) is 2.19. The molecular formula is C25H29NO4S. The molecule has 1 aliphatic rings. The molecule has 6 heteroatoms. The van der Waals surface area contributed by atoms with E-state index >= 15 is 0 Å². The summed E-state index contributed by atoms with van der Waals surface area (Å²) in [7, 11) is 0. The maximum absolute atomic E-state index is 12.1. The number of amides is 2. The van der Waals surface area contributed by atoms with Gasteiger partial charge in [-0.25, -0.2) is 0 Å². The smallest absolute Gasteiger partial charge is 0.311 e. The zero-order valence-corrected chi connectivity index (χ0v) is 18.7. The van der Waals surface area contributed by atoms with E-state index in [9.17, 15) is 14.4 Å². The van der Waals surface area contributed by atoms with Gasteiger partial charge >= 0.3 is 5.97 Å². The van der Waals surface area contributed by atoms with Crippen molar-refractivity contribution in [1.29, 1.82) is 0 Å². The third-order valence-corrected chi connectivity index (χ3v) is 6.26. The number of ether oxygens (including phenoxy) is 1. The number of thioether (sulfide) groups is 1. The van der Waals surface area contributed by atoms with Crippen LogP contribution in [0.4, 0.5) is 4.79 Å². The minimum atomic E-state index is -0.368. The molecule has 31 heavy (non-hydrogen) atoms. The lowest BCUT2D eigenvalue weighted by molar-refractivity contribution is -0.134. The molecule has 0 saturated carbocycles. The van der Waals surface area contributed by atoms with Gasteiger partial charge in [-0.1, -0.05) is 87.2 Å². The van der Waals surface area contributed by atoms with Gasteiger partial charge in [0.25, 0.3) is 5.24 Å². The van der Waals surface area contributed by atoms with Gasteiger partial charge in [-0.05, 0) is 41.7 Å². The Balaban J connectivity index is 1.52. The molecule has 0 radical (unpaired) electrons. The molecular weight excluding hydrogens is 410 g/mol. The molecule has 1 saturated heterocycles. The summed E-state index contributed by atoms with van der Waals surface area (Å²) < 4.78 is 5.52. The molecule has 3 rings (SSSR count). The van der Waals surface area contributed by atoms with Crippen LogP contribution in [0.1, 0.15) is 57.4 Å². The van der Waals surface area contributed by atoms with Gasteiger partial charge in [-0.2, -0.15) is 0 Å². The van der Waals surface area contributed by atoms with Gasteiger partial charge in [0.2, 0.25) is 5.91 Å². The van der Waals surface area contributed by atoms with Gasteiger partial charge in [0.05, 0.1) is 5.25 Å². The molecule has 2 amide bonds. The molecule has 1 fully saturated rings. The summed E-state index contributed by atoms with van der Waals surface area (Å²) in [5.74, 6) is 0.134. The molecule has 0 spiro atoms. The predicted molar refractivity (Wildman–Crippen MR) is 124 cm³/mol. The maximum Gasteiger partial charge on any atom is 0.311 e. The average molecular weight is 440 g/mol. The van der Waals surface area contributed by atoms with Gasteiger partial charge in [-0.15, -0.1) is 0 Å². The Bertz CT molecular complexity index is 910. The molecule has 2 aromatic rings. The Morgan fingerprint density at radius 2 is 1.71 bits per heavy atom. The molecule has 2 aromatic carbocycles. The molecule has 1 heterocycles. The molecule has 0 aromatic heterocycles. The second-order valence-corrected chi connectivity index (χ2v) is 8.98. The van der Waals surface area contributed by atoms with Gasteiger partial charge in [-0.3, -0.25) is 19.7 Å². The van der Waals surface area contributed by atoms with E-state index in [2.05, 4.69) is 12.2 Å². The molecule has 1 aliphatic heterocycles. The lowest BCUT2D eigenvalue weighted by Gasteiger charge is -2.09. The Labute approximate surface area is 187 Å². The summed E-state index contributed by atoms with van der Waals surface area (Å²) in [6, 6.07) is 15.4. The minimum Gasteiger partial charge on any atom is -0.427 e. The van der Waals surface area contributed by atoms with E-state index < -0.39 is 0 Å². The number of rotatable bonds is 11. The second-order valence-electron chi connectivity index (χ2n) is 7.80. The fourth-order valence-electron chi connectivity index (χ4n) is 3.55. The van der Waals surface area contributed by atoms with E-state index in [1.807, 2.05) is 42.5 Å². The molecule has 164 valence electrons. The van der Waals surface area contributed by atoms with Gasteiger partial charge in [0.15, 0.2) is 0 Å². The van der Waals surface area contributed by atoms with Crippen molar-refractivity contribution < 1.29 is 19.1 Å². The van der Waals surface area contributed by atoms with Crippen LogP contribution in [0.2, 0.25) is 0 Å². The number of benzene rings is 2. The summed E-state index contributed by atoms with van der Waals surface area (Å²) in [4.78, 5) is 35.2. The summed E-state index contributed by atoms with van der Waals surface area (Å²) >= 11 is 1.04. The van der Waals surface area contributed by atoms with E-state index in [-0.39, 0.29) is 22.4 Å². The fourth-order valence-corrected chi connectivity index (χ4v) is 4.41. The van der Waals surface area contributed by atoms with E-state index in [4.69, 9.17) is 4.74 Å². The number of nitrogens with one attached hydrogen (secondary N) is 1. The monoisotopic (exact) mass is 439 g/mol. The summed E-state index contributed by atoms with van der Waals surface area (Å²) in [5, 5.41) is 1.66. The molecule has 1 unspecified atom stereocenters. The third-order valence-electron chi connectivity index (χ3n) is 5.28. The Morgan fingerprint density at radius 3 is 2.42 bits per heavy atom. The van der Waals surface area contributed by atoms with E-state index in [1.54, 1.807) is 6.07 Å². The van der Waals surface area contributed by atoms with Crippen molar-refractivity contribution >= 4 is 28.9 Å². The number of imide groups is 1. The van der Waals surface area contributed by atoms with Crippen LogP contribution in [0, 0.1) is 0 Å². The summed E-state index contributed by atoms with van der Waals surface area (Å²) in [6.07, 6.45) is 7.78. The Hall–Kier alpha value is -2.60. The van der Waals surface area contributed by atoms with E-state index in [1.165, 1.54) is 25.7 Å². The number of unbranched alkanes of at least 4 members (excludes halogenated alkanes) is 5. The van der Waals surface area contributed by atoms with Crippen molar-refractivity contribution in [3.8, 4) is 16.9 Å². The highest BCUT2D eigenvalue weighted by molar-refractivity contribution is 8.15. The van der Waals surface area contributed by atoms with E-state index in [0.29, 0.717) is 18.6 Å². The predicted octanol–water partition coefficient (Wildman–Crippen LogP) is 5.90. The first-order valence-electron chi connectivity index (χ1n) is 11.0. The first kappa shape index (κ1) is 23.1. The molecule has 5 nitrogen and oxygen atoms in total. The lowest BCUT2D eigenvalue weighted by Crippen LogP contribution is -2.25. The highest BCUT2D eigenvalue weighted by atomic mass is 32.2. The second kappa shape index (κ2) is 11.7. The van der Waals surface area contributed by atoms with Crippen molar-refractivity contribution in [2.24, 2.45) is 0 Å². The van der Waals surface area contributed by atoms with Crippen LogP contribution in [-0.2, 0) is 16.0 Å². The lowest BCUT2D eigenvalue weighted by atomic mass is 10.0. The number of hydrogen-bond acceptors (Lipinski definition) is 5. The molecule has 0 aliphatic carbocycles. The van der Waals surface area contributed by atoms with Crippen LogP contribution in [0.3, 0.4) is 0 Å². The molecule has 0 bridgehead atoms. The minimum absolute atomic E-state index is 0.190. The number of hydrogen-bond donors (Lipinski definition) is 1. The largest absolute Gasteiger partial charge is 0.427 e. The zero-order valence-electron chi connectivity index (χ0n) is 17.9. The van der Waals surface area contributed by atoms with Crippen LogP contribution >= 0.6 is 11.8 Å². The third kappa shape index (κ3) is 7.24. The van der Waals surface area contributed by atoms with Crippen LogP contribution in [0.25, 0.3) is 11.1 Å². The topological polar surface area (TPSA) is 72.5 Å². The highest BCUT2D eigenvalue weighted by Gasteiger charge is 2.31. The Morgan fingerprint density at radius 1 is 0.968 bits per heavy atom. The van der Waals surface area contributed by atoms with Gasteiger partial charge in [0.1, 0.15) is 5.75 Å². The first-order valence-corrected chi connectivity index (χ1v) is 11.8. The number of carbonyl (C=O) groups is 3. The van der Waals surface area contributed by atoms with Crippen LogP contribution in [0.5, 0.6) is 5.75 Å². The van der Waals surface area contributed by atoms with E-state index in [0.717, 1.165) is 41.3 Å².